The van der Waals surface area contributed by atoms with Gasteiger partial charge < -0.3 is 10.6 Å². The molecule has 1 aromatic carbocycles. The van der Waals surface area contributed by atoms with Crippen molar-refractivity contribution in [3.63, 3.8) is 0 Å². The molecule has 1 aliphatic heterocycles. The maximum absolute atomic E-state index is 12.3. The van der Waals surface area contributed by atoms with Gasteiger partial charge in [-0.25, -0.2) is 0 Å². The van der Waals surface area contributed by atoms with Gasteiger partial charge in [-0.2, -0.15) is 0 Å². The lowest BCUT2D eigenvalue weighted by Crippen LogP contribution is -2.35. The lowest BCUT2D eigenvalue weighted by molar-refractivity contribution is 0.0740. The highest BCUT2D eigenvalue weighted by Crippen LogP contribution is 2.25. The maximum atomic E-state index is 12.3. The summed E-state index contributed by atoms with van der Waals surface area (Å²) in [5.74, 6) is 0.110. The van der Waals surface area contributed by atoms with Gasteiger partial charge in [0.05, 0.1) is 4.88 Å². The van der Waals surface area contributed by atoms with Crippen molar-refractivity contribution < 1.29 is 4.79 Å². The molecule has 18 heavy (non-hydrogen) atoms. The standard InChI is InChI=1S/C14H14N2OS/c15-12-4-1-3-10-6-7-16(9-11(10)12)14(17)13-5-2-8-18-13/h1-5,8H,6-7,9,15H2. The summed E-state index contributed by atoms with van der Waals surface area (Å²) >= 11 is 1.49. The van der Waals surface area contributed by atoms with Crippen LogP contribution in [0.1, 0.15) is 20.8 Å². The summed E-state index contributed by atoms with van der Waals surface area (Å²) < 4.78 is 0. The van der Waals surface area contributed by atoms with Gasteiger partial charge in [0.1, 0.15) is 0 Å². The minimum Gasteiger partial charge on any atom is -0.398 e. The van der Waals surface area contributed by atoms with Gasteiger partial charge in [0, 0.05) is 18.8 Å². The second-order valence-corrected chi connectivity index (χ2v) is 5.39. The van der Waals surface area contributed by atoms with Crippen LogP contribution >= 0.6 is 11.3 Å². The van der Waals surface area contributed by atoms with Crippen molar-refractivity contribution in [2.24, 2.45) is 0 Å². The number of nitrogens with two attached hydrogens (primary N) is 1. The van der Waals surface area contributed by atoms with E-state index in [1.165, 1.54) is 16.9 Å². The van der Waals surface area contributed by atoms with Gasteiger partial charge in [-0.1, -0.05) is 18.2 Å². The quantitative estimate of drug-likeness (QED) is 0.799. The fraction of sp³-hybridized carbons (Fsp3) is 0.214. The monoisotopic (exact) mass is 258 g/mol. The predicted molar refractivity (Wildman–Crippen MR) is 73.6 cm³/mol. The van der Waals surface area contributed by atoms with Crippen LogP contribution in [0.2, 0.25) is 0 Å². The van der Waals surface area contributed by atoms with Gasteiger partial charge in [-0.15, -0.1) is 11.3 Å². The van der Waals surface area contributed by atoms with E-state index < -0.39 is 0 Å². The van der Waals surface area contributed by atoms with Crippen molar-refractivity contribution in [2.45, 2.75) is 13.0 Å². The van der Waals surface area contributed by atoms with E-state index in [-0.39, 0.29) is 5.91 Å². The molecule has 0 unspecified atom stereocenters. The highest BCUT2D eigenvalue weighted by molar-refractivity contribution is 7.12. The van der Waals surface area contributed by atoms with Crippen LogP contribution < -0.4 is 5.73 Å². The SMILES string of the molecule is Nc1cccc2c1CN(C(=O)c1cccs1)CC2. The molecule has 0 radical (unpaired) electrons. The number of carbonyl (C=O) groups is 1. The molecule has 1 aliphatic rings. The number of amides is 1. The predicted octanol–water partition coefficient (Wildman–Crippen LogP) is 2.53. The Balaban J connectivity index is 1.87. The molecule has 0 aliphatic carbocycles. The van der Waals surface area contributed by atoms with Crippen molar-refractivity contribution >= 4 is 22.9 Å². The second kappa shape index (κ2) is 4.46. The minimum atomic E-state index is 0.110. The van der Waals surface area contributed by atoms with Gasteiger partial charge in [-0.05, 0) is 35.1 Å². The Morgan fingerprint density at radius 1 is 1.28 bits per heavy atom. The van der Waals surface area contributed by atoms with Crippen LogP contribution in [0, 0.1) is 0 Å². The van der Waals surface area contributed by atoms with E-state index in [0.717, 1.165) is 29.1 Å². The molecule has 4 heteroatoms. The molecule has 2 heterocycles. The molecule has 0 atom stereocenters. The van der Waals surface area contributed by atoms with E-state index in [1.807, 2.05) is 34.5 Å². The van der Waals surface area contributed by atoms with Crippen molar-refractivity contribution in [3.8, 4) is 0 Å². The number of thiophene rings is 1. The Hall–Kier alpha value is -1.81. The average Bonchev–Trinajstić information content (AvgIpc) is 2.92. The summed E-state index contributed by atoms with van der Waals surface area (Å²) in [5, 5.41) is 1.93. The summed E-state index contributed by atoms with van der Waals surface area (Å²) in [4.78, 5) is 15.0. The first kappa shape index (κ1) is 11.3. The molecule has 1 aromatic heterocycles. The molecule has 2 N–H and O–H groups in total. The highest BCUT2D eigenvalue weighted by atomic mass is 32.1. The molecular weight excluding hydrogens is 244 g/mol. The van der Waals surface area contributed by atoms with Crippen LogP contribution in [-0.2, 0) is 13.0 Å². The van der Waals surface area contributed by atoms with Crippen molar-refractivity contribution in [2.75, 3.05) is 12.3 Å². The average molecular weight is 258 g/mol. The minimum absolute atomic E-state index is 0.110. The molecule has 92 valence electrons. The lowest BCUT2D eigenvalue weighted by Gasteiger charge is -2.29. The molecule has 0 fully saturated rings. The molecule has 3 rings (SSSR count). The molecule has 2 aromatic rings. The Bertz CT molecular complexity index is 577. The third-order valence-corrected chi connectivity index (χ3v) is 4.19. The summed E-state index contributed by atoms with van der Waals surface area (Å²) in [6.45, 7) is 1.39. The topological polar surface area (TPSA) is 46.3 Å². The summed E-state index contributed by atoms with van der Waals surface area (Å²) in [6.07, 6.45) is 0.886. The number of nitrogens with zero attached hydrogens (tertiary/aromatic N) is 1. The Morgan fingerprint density at radius 3 is 2.94 bits per heavy atom. The molecule has 0 saturated heterocycles. The van der Waals surface area contributed by atoms with Gasteiger partial charge >= 0.3 is 0 Å². The number of rotatable bonds is 1. The molecule has 0 spiro atoms. The first-order valence-electron chi connectivity index (χ1n) is 5.95. The Labute approximate surface area is 110 Å². The number of carbonyl (C=O) groups excluding carboxylic acids is 1. The van der Waals surface area contributed by atoms with Gasteiger partial charge in [0.2, 0.25) is 0 Å². The molecule has 0 bridgehead atoms. The number of benzene rings is 1. The molecular formula is C14H14N2OS. The molecule has 0 saturated carbocycles. The number of hydrogen-bond acceptors (Lipinski definition) is 3. The van der Waals surface area contributed by atoms with Gasteiger partial charge in [-0.3, -0.25) is 4.79 Å². The molecule has 1 amide bonds. The number of hydrogen-bond donors (Lipinski definition) is 1. The highest BCUT2D eigenvalue weighted by Gasteiger charge is 2.23. The van der Waals surface area contributed by atoms with Crippen molar-refractivity contribution in [1.82, 2.24) is 4.90 Å². The van der Waals surface area contributed by atoms with Crippen LogP contribution in [0.4, 0.5) is 5.69 Å². The van der Waals surface area contributed by atoms with Crippen molar-refractivity contribution in [3.05, 3.63) is 51.7 Å². The third kappa shape index (κ3) is 1.88. The maximum Gasteiger partial charge on any atom is 0.264 e. The Kier molecular flexibility index (Phi) is 2.80. The number of nitrogen functional groups attached to an aromatic ring is 1. The molecule has 3 nitrogen and oxygen atoms in total. The normalized spacial score (nSPS) is 14.3. The summed E-state index contributed by atoms with van der Waals surface area (Å²) in [6, 6.07) is 9.75. The van der Waals surface area contributed by atoms with Crippen molar-refractivity contribution in [1.29, 1.82) is 0 Å². The van der Waals surface area contributed by atoms with E-state index >= 15 is 0 Å². The number of fused-ring (bicyclic) bond motifs is 1. The van der Waals surface area contributed by atoms with E-state index in [2.05, 4.69) is 6.07 Å². The van der Waals surface area contributed by atoms with E-state index in [4.69, 9.17) is 5.73 Å². The van der Waals surface area contributed by atoms with Crippen LogP contribution in [0.25, 0.3) is 0 Å². The summed E-state index contributed by atoms with van der Waals surface area (Å²) in [7, 11) is 0. The summed E-state index contributed by atoms with van der Waals surface area (Å²) in [5.41, 5.74) is 9.15. The zero-order valence-electron chi connectivity index (χ0n) is 9.93. The third-order valence-electron chi connectivity index (χ3n) is 3.33. The smallest absolute Gasteiger partial charge is 0.264 e. The van der Waals surface area contributed by atoms with Crippen LogP contribution in [0.5, 0.6) is 0 Å². The fourth-order valence-corrected chi connectivity index (χ4v) is 3.03. The Morgan fingerprint density at radius 2 is 2.17 bits per heavy atom. The van der Waals surface area contributed by atoms with Crippen LogP contribution in [-0.4, -0.2) is 17.4 Å². The van der Waals surface area contributed by atoms with Gasteiger partial charge in [0.25, 0.3) is 5.91 Å². The second-order valence-electron chi connectivity index (χ2n) is 4.44. The van der Waals surface area contributed by atoms with E-state index in [9.17, 15) is 4.79 Å². The zero-order chi connectivity index (χ0) is 12.5. The zero-order valence-corrected chi connectivity index (χ0v) is 10.7. The number of anilines is 1. The van der Waals surface area contributed by atoms with Crippen LogP contribution in [0.3, 0.4) is 0 Å². The first-order valence-corrected chi connectivity index (χ1v) is 6.82. The van der Waals surface area contributed by atoms with E-state index in [0.29, 0.717) is 6.54 Å². The fourth-order valence-electron chi connectivity index (χ4n) is 2.34. The lowest BCUT2D eigenvalue weighted by atomic mass is 9.98. The van der Waals surface area contributed by atoms with Gasteiger partial charge in [0.15, 0.2) is 0 Å². The largest absolute Gasteiger partial charge is 0.398 e. The van der Waals surface area contributed by atoms with E-state index in [1.54, 1.807) is 0 Å². The first-order chi connectivity index (χ1) is 8.75. The van der Waals surface area contributed by atoms with Crippen LogP contribution in [0.15, 0.2) is 35.7 Å².